The van der Waals surface area contributed by atoms with Crippen molar-refractivity contribution in [3.8, 4) is 0 Å². The molecule has 110 valence electrons. The van der Waals surface area contributed by atoms with Crippen LogP contribution in [0, 0.1) is 11.7 Å². The minimum absolute atomic E-state index is 0.0704. The van der Waals surface area contributed by atoms with Gasteiger partial charge in [-0.3, -0.25) is 4.79 Å². The maximum Gasteiger partial charge on any atom is 0.308 e. The average Bonchev–Trinajstić information content (AvgIpc) is 2.49. The van der Waals surface area contributed by atoms with E-state index in [1.165, 1.54) is 19.2 Å². The number of piperidine rings is 1. The lowest BCUT2D eigenvalue weighted by atomic mass is 9.97. The van der Waals surface area contributed by atoms with Gasteiger partial charge in [0.15, 0.2) is 0 Å². The second-order valence-electron chi connectivity index (χ2n) is 4.94. The number of rotatable bonds is 5. The lowest BCUT2D eigenvalue weighted by molar-refractivity contribution is -0.147. The van der Waals surface area contributed by atoms with Crippen molar-refractivity contribution in [2.75, 3.05) is 32.5 Å². The SMILES string of the molecule is COC(=O)C1CCN(CCSc2ccc(F)cc2)CC1. The topological polar surface area (TPSA) is 29.5 Å². The van der Waals surface area contributed by atoms with Crippen molar-refractivity contribution in [1.29, 1.82) is 0 Å². The van der Waals surface area contributed by atoms with E-state index in [1.54, 1.807) is 11.8 Å². The molecule has 1 saturated heterocycles. The van der Waals surface area contributed by atoms with Gasteiger partial charge in [-0.05, 0) is 50.2 Å². The summed E-state index contributed by atoms with van der Waals surface area (Å²) >= 11 is 1.73. The highest BCUT2D eigenvalue weighted by Gasteiger charge is 2.25. The summed E-state index contributed by atoms with van der Waals surface area (Å²) in [5.41, 5.74) is 0. The number of halogens is 1. The number of carbonyl (C=O) groups is 1. The molecule has 0 spiro atoms. The Balaban J connectivity index is 1.66. The molecule has 1 aromatic rings. The first-order valence-corrected chi connectivity index (χ1v) is 7.86. The molecule has 0 unspecified atom stereocenters. The first kappa shape index (κ1) is 15.3. The van der Waals surface area contributed by atoms with Crippen molar-refractivity contribution < 1.29 is 13.9 Å². The predicted molar refractivity (Wildman–Crippen MR) is 78.3 cm³/mol. The number of carbonyl (C=O) groups excluding carboxylic acids is 1. The van der Waals surface area contributed by atoms with Gasteiger partial charge in [0.05, 0.1) is 13.0 Å². The highest BCUT2D eigenvalue weighted by atomic mass is 32.2. The lowest BCUT2D eigenvalue weighted by Gasteiger charge is -2.30. The molecule has 0 amide bonds. The molecule has 5 heteroatoms. The number of ether oxygens (including phenoxy) is 1. The number of likely N-dealkylation sites (tertiary alicyclic amines) is 1. The molecule has 1 fully saturated rings. The first-order valence-electron chi connectivity index (χ1n) is 6.87. The fourth-order valence-electron chi connectivity index (χ4n) is 2.38. The van der Waals surface area contributed by atoms with Crippen LogP contribution in [0.3, 0.4) is 0 Å². The molecule has 20 heavy (non-hydrogen) atoms. The number of esters is 1. The van der Waals surface area contributed by atoms with E-state index in [2.05, 4.69) is 4.90 Å². The fraction of sp³-hybridized carbons (Fsp3) is 0.533. The molecule has 1 heterocycles. The summed E-state index contributed by atoms with van der Waals surface area (Å²) in [5, 5.41) is 0. The third kappa shape index (κ3) is 4.49. The predicted octanol–water partition coefficient (Wildman–Crippen LogP) is 2.80. The smallest absolute Gasteiger partial charge is 0.308 e. The van der Waals surface area contributed by atoms with E-state index in [1.807, 2.05) is 12.1 Å². The van der Waals surface area contributed by atoms with Crippen LogP contribution in [0.5, 0.6) is 0 Å². The molecular formula is C15H20FNO2S. The number of methoxy groups -OCH3 is 1. The quantitative estimate of drug-likeness (QED) is 0.617. The van der Waals surface area contributed by atoms with Gasteiger partial charge >= 0.3 is 5.97 Å². The lowest BCUT2D eigenvalue weighted by Crippen LogP contribution is -2.37. The number of hydrogen-bond acceptors (Lipinski definition) is 4. The van der Waals surface area contributed by atoms with Crippen molar-refractivity contribution in [1.82, 2.24) is 4.90 Å². The van der Waals surface area contributed by atoms with Crippen LogP contribution in [0.25, 0.3) is 0 Å². The number of benzene rings is 1. The third-order valence-electron chi connectivity index (χ3n) is 3.61. The zero-order valence-corrected chi connectivity index (χ0v) is 12.5. The number of nitrogens with zero attached hydrogens (tertiary/aromatic N) is 1. The van der Waals surface area contributed by atoms with E-state index in [0.717, 1.165) is 43.1 Å². The Kier molecular flexibility index (Phi) is 5.86. The Morgan fingerprint density at radius 1 is 1.35 bits per heavy atom. The summed E-state index contributed by atoms with van der Waals surface area (Å²) < 4.78 is 17.6. The molecule has 0 atom stereocenters. The van der Waals surface area contributed by atoms with Gasteiger partial charge in [-0.1, -0.05) is 0 Å². The van der Waals surface area contributed by atoms with Crippen LogP contribution < -0.4 is 0 Å². The van der Waals surface area contributed by atoms with Gasteiger partial charge in [-0.25, -0.2) is 4.39 Å². The molecule has 1 aromatic carbocycles. The fourth-order valence-corrected chi connectivity index (χ4v) is 3.30. The molecule has 0 aliphatic carbocycles. The second kappa shape index (κ2) is 7.64. The molecule has 0 radical (unpaired) electrons. The third-order valence-corrected chi connectivity index (χ3v) is 4.60. The Morgan fingerprint density at radius 3 is 2.60 bits per heavy atom. The largest absolute Gasteiger partial charge is 0.469 e. The van der Waals surface area contributed by atoms with E-state index in [0.29, 0.717) is 0 Å². The van der Waals surface area contributed by atoms with Crippen molar-refractivity contribution in [2.24, 2.45) is 5.92 Å². The molecule has 3 nitrogen and oxygen atoms in total. The van der Waals surface area contributed by atoms with Gasteiger partial charge in [0, 0.05) is 17.2 Å². The van der Waals surface area contributed by atoms with E-state index >= 15 is 0 Å². The highest BCUT2D eigenvalue weighted by Crippen LogP contribution is 2.21. The van der Waals surface area contributed by atoms with Crippen LogP contribution in [0.15, 0.2) is 29.2 Å². The molecule has 1 aliphatic heterocycles. The summed E-state index contributed by atoms with van der Waals surface area (Å²) in [7, 11) is 1.45. The first-order chi connectivity index (χ1) is 9.69. The molecule has 0 aromatic heterocycles. The van der Waals surface area contributed by atoms with Gasteiger partial charge in [0.1, 0.15) is 5.82 Å². The van der Waals surface area contributed by atoms with Crippen molar-refractivity contribution in [2.45, 2.75) is 17.7 Å². The summed E-state index contributed by atoms with van der Waals surface area (Å²) in [6.45, 7) is 2.89. The van der Waals surface area contributed by atoms with Gasteiger partial charge in [-0.2, -0.15) is 0 Å². The monoisotopic (exact) mass is 297 g/mol. The van der Waals surface area contributed by atoms with Gasteiger partial charge in [0.25, 0.3) is 0 Å². The van der Waals surface area contributed by atoms with E-state index in [4.69, 9.17) is 4.74 Å². The summed E-state index contributed by atoms with van der Waals surface area (Å²) in [6, 6.07) is 6.60. The Bertz CT molecular complexity index is 430. The zero-order valence-electron chi connectivity index (χ0n) is 11.7. The molecular weight excluding hydrogens is 277 g/mol. The molecule has 0 bridgehead atoms. The van der Waals surface area contributed by atoms with Crippen molar-refractivity contribution >= 4 is 17.7 Å². The summed E-state index contributed by atoms with van der Waals surface area (Å²) in [4.78, 5) is 14.9. The van der Waals surface area contributed by atoms with Gasteiger partial charge in [0.2, 0.25) is 0 Å². The van der Waals surface area contributed by atoms with Crippen LogP contribution in [-0.4, -0.2) is 43.4 Å². The minimum Gasteiger partial charge on any atom is -0.469 e. The van der Waals surface area contributed by atoms with E-state index in [9.17, 15) is 9.18 Å². The standard InChI is InChI=1S/C15H20FNO2S/c1-19-15(18)12-6-8-17(9-7-12)10-11-20-14-4-2-13(16)3-5-14/h2-5,12H,6-11H2,1H3. The molecule has 2 rings (SSSR count). The normalized spacial score (nSPS) is 17.1. The summed E-state index contributed by atoms with van der Waals surface area (Å²) in [6.07, 6.45) is 1.77. The van der Waals surface area contributed by atoms with Crippen LogP contribution >= 0.6 is 11.8 Å². The molecule has 1 aliphatic rings. The van der Waals surface area contributed by atoms with Crippen LogP contribution in [0.2, 0.25) is 0 Å². The summed E-state index contributed by atoms with van der Waals surface area (Å²) in [5.74, 6) is 0.778. The molecule has 0 saturated carbocycles. The number of thioether (sulfide) groups is 1. The maximum absolute atomic E-state index is 12.8. The Morgan fingerprint density at radius 2 is 2.00 bits per heavy atom. The van der Waals surface area contributed by atoms with E-state index < -0.39 is 0 Å². The Labute approximate surface area is 123 Å². The van der Waals surface area contributed by atoms with Crippen LogP contribution in [-0.2, 0) is 9.53 Å². The molecule has 0 N–H and O–H groups in total. The van der Waals surface area contributed by atoms with Crippen LogP contribution in [0.1, 0.15) is 12.8 Å². The average molecular weight is 297 g/mol. The van der Waals surface area contributed by atoms with Gasteiger partial charge < -0.3 is 9.64 Å². The zero-order chi connectivity index (χ0) is 14.4. The second-order valence-corrected chi connectivity index (χ2v) is 6.11. The van der Waals surface area contributed by atoms with Crippen LogP contribution in [0.4, 0.5) is 4.39 Å². The minimum atomic E-state index is -0.195. The number of hydrogen-bond donors (Lipinski definition) is 0. The Hall–Kier alpha value is -1.07. The highest BCUT2D eigenvalue weighted by molar-refractivity contribution is 7.99. The van der Waals surface area contributed by atoms with Crippen molar-refractivity contribution in [3.05, 3.63) is 30.1 Å². The van der Waals surface area contributed by atoms with Crippen molar-refractivity contribution in [3.63, 3.8) is 0 Å². The van der Waals surface area contributed by atoms with Gasteiger partial charge in [-0.15, -0.1) is 11.8 Å². The maximum atomic E-state index is 12.8. The van der Waals surface area contributed by atoms with E-state index in [-0.39, 0.29) is 17.7 Å².